The van der Waals surface area contributed by atoms with Crippen molar-refractivity contribution in [2.75, 3.05) is 20.1 Å². The van der Waals surface area contributed by atoms with E-state index in [-0.39, 0.29) is 23.9 Å². The first-order chi connectivity index (χ1) is 9.74. The van der Waals surface area contributed by atoms with E-state index in [9.17, 15) is 9.59 Å². The van der Waals surface area contributed by atoms with Crippen molar-refractivity contribution in [2.45, 2.75) is 32.7 Å². The Kier molecular flexibility index (Phi) is 5.90. The fourth-order valence-corrected chi connectivity index (χ4v) is 2.05. The number of benzene rings is 1. The predicted molar refractivity (Wildman–Crippen MR) is 84.1 cm³/mol. The fourth-order valence-electron chi connectivity index (χ4n) is 2.05. The second-order valence-electron chi connectivity index (χ2n) is 6.16. The van der Waals surface area contributed by atoms with Gasteiger partial charge in [-0.25, -0.2) is 0 Å². The summed E-state index contributed by atoms with van der Waals surface area (Å²) >= 11 is 0. The Labute approximate surface area is 126 Å². The van der Waals surface area contributed by atoms with Crippen LogP contribution in [0.25, 0.3) is 0 Å². The number of nitrogens with zero attached hydrogens (tertiary/aromatic N) is 1. The summed E-state index contributed by atoms with van der Waals surface area (Å²) in [6.45, 7) is 6.24. The molecule has 0 radical (unpaired) electrons. The fraction of sp³-hybridized carbons (Fsp3) is 0.500. The van der Waals surface area contributed by atoms with Gasteiger partial charge in [0.15, 0.2) is 0 Å². The summed E-state index contributed by atoms with van der Waals surface area (Å²) in [5, 5.41) is 2.84. The van der Waals surface area contributed by atoms with Crippen molar-refractivity contribution in [3.8, 4) is 0 Å². The van der Waals surface area contributed by atoms with Gasteiger partial charge in [-0.2, -0.15) is 0 Å². The van der Waals surface area contributed by atoms with Gasteiger partial charge in [0.2, 0.25) is 5.91 Å². The van der Waals surface area contributed by atoms with Crippen LogP contribution in [-0.4, -0.2) is 42.4 Å². The lowest BCUT2D eigenvalue weighted by Crippen LogP contribution is -2.46. The second kappa shape index (κ2) is 7.22. The maximum absolute atomic E-state index is 12.4. The molecule has 5 heteroatoms. The van der Waals surface area contributed by atoms with E-state index in [0.29, 0.717) is 18.5 Å². The number of carbonyl (C=O) groups excluding carboxylic acids is 2. The molecule has 1 aromatic carbocycles. The van der Waals surface area contributed by atoms with Crippen LogP contribution in [0.15, 0.2) is 24.3 Å². The molecule has 21 heavy (non-hydrogen) atoms. The van der Waals surface area contributed by atoms with Crippen LogP contribution in [0.2, 0.25) is 0 Å². The van der Waals surface area contributed by atoms with Gasteiger partial charge in [-0.15, -0.1) is 0 Å². The Bertz CT molecular complexity index is 506. The van der Waals surface area contributed by atoms with Gasteiger partial charge in [-0.3, -0.25) is 9.59 Å². The number of nitrogens with one attached hydrogen (secondary N) is 1. The lowest BCUT2D eigenvalue weighted by molar-refractivity contribution is -0.122. The Morgan fingerprint density at radius 3 is 2.43 bits per heavy atom. The minimum absolute atomic E-state index is 0.0348. The van der Waals surface area contributed by atoms with Gasteiger partial charge in [-0.05, 0) is 45.4 Å². The first-order valence-electron chi connectivity index (χ1n) is 7.09. The molecule has 0 unspecified atom stereocenters. The molecule has 2 amide bonds. The summed E-state index contributed by atoms with van der Waals surface area (Å²) in [5.74, 6) is -0.335. The lowest BCUT2D eigenvalue weighted by atomic mass is 10.0. The van der Waals surface area contributed by atoms with Gasteiger partial charge < -0.3 is 16.0 Å². The van der Waals surface area contributed by atoms with Crippen LogP contribution < -0.4 is 11.1 Å². The highest BCUT2D eigenvalue weighted by Gasteiger charge is 2.20. The minimum atomic E-state index is -0.307. The standard InChI is InChI=1S/C16H25N3O2/c1-16(2,3)18-14(20)11-19(4)15(21)13-8-6-5-7-12(13)9-10-17/h5-8H,9-11,17H2,1-4H3,(H,18,20). The zero-order valence-electron chi connectivity index (χ0n) is 13.3. The number of hydrogen-bond acceptors (Lipinski definition) is 3. The molecule has 1 rings (SSSR count). The molecule has 0 aliphatic carbocycles. The van der Waals surface area contributed by atoms with Crippen LogP contribution in [0.4, 0.5) is 0 Å². The second-order valence-corrected chi connectivity index (χ2v) is 6.16. The van der Waals surface area contributed by atoms with Crippen LogP contribution in [0.1, 0.15) is 36.7 Å². The van der Waals surface area contributed by atoms with Gasteiger partial charge >= 0.3 is 0 Å². The molecule has 0 aromatic heterocycles. The quantitative estimate of drug-likeness (QED) is 0.855. The largest absolute Gasteiger partial charge is 0.350 e. The first-order valence-corrected chi connectivity index (χ1v) is 7.09. The van der Waals surface area contributed by atoms with E-state index in [1.807, 2.05) is 39.0 Å². The van der Waals surface area contributed by atoms with Gasteiger partial charge in [-0.1, -0.05) is 18.2 Å². The third kappa shape index (κ3) is 5.55. The summed E-state index contributed by atoms with van der Waals surface area (Å²) in [4.78, 5) is 25.8. The maximum atomic E-state index is 12.4. The SMILES string of the molecule is CN(CC(=O)NC(C)(C)C)C(=O)c1ccccc1CCN. The average Bonchev–Trinajstić information content (AvgIpc) is 2.36. The molecular weight excluding hydrogens is 266 g/mol. The van der Waals surface area contributed by atoms with Gasteiger partial charge in [0.05, 0.1) is 6.54 Å². The van der Waals surface area contributed by atoms with E-state index in [0.717, 1.165) is 5.56 Å². The van der Waals surface area contributed by atoms with E-state index in [4.69, 9.17) is 5.73 Å². The van der Waals surface area contributed by atoms with Crippen molar-refractivity contribution in [3.63, 3.8) is 0 Å². The summed E-state index contributed by atoms with van der Waals surface area (Å²) in [7, 11) is 1.63. The van der Waals surface area contributed by atoms with Crippen molar-refractivity contribution < 1.29 is 9.59 Å². The van der Waals surface area contributed by atoms with E-state index in [1.54, 1.807) is 13.1 Å². The average molecular weight is 291 g/mol. The monoisotopic (exact) mass is 291 g/mol. The molecule has 0 bridgehead atoms. The highest BCUT2D eigenvalue weighted by atomic mass is 16.2. The van der Waals surface area contributed by atoms with Crippen molar-refractivity contribution in [3.05, 3.63) is 35.4 Å². The number of amides is 2. The minimum Gasteiger partial charge on any atom is -0.350 e. The van der Waals surface area contributed by atoms with E-state index < -0.39 is 0 Å². The van der Waals surface area contributed by atoms with Gasteiger partial charge in [0.1, 0.15) is 0 Å². The van der Waals surface area contributed by atoms with Crippen molar-refractivity contribution in [1.82, 2.24) is 10.2 Å². The topological polar surface area (TPSA) is 75.4 Å². The molecule has 0 fully saturated rings. The molecule has 0 saturated carbocycles. The predicted octanol–water partition coefficient (Wildman–Crippen LogP) is 1.17. The third-order valence-corrected chi connectivity index (χ3v) is 2.90. The Morgan fingerprint density at radius 2 is 1.86 bits per heavy atom. The van der Waals surface area contributed by atoms with Crippen LogP contribution in [-0.2, 0) is 11.2 Å². The highest BCUT2D eigenvalue weighted by molar-refractivity contribution is 5.97. The molecule has 0 aliphatic rings. The summed E-state index contributed by atoms with van der Waals surface area (Å²) in [5.41, 5.74) is 6.78. The van der Waals surface area contributed by atoms with Crippen LogP contribution in [0.5, 0.6) is 0 Å². The highest BCUT2D eigenvalue weighted by Crippen LogP contribution is 2.11. The number of carbonyl (C=O) groups is 2. The smallest absolute Gasteiger partial charge is 0.254 e. The van der Waals surface area contributed by atoms with Crippen LogP contribution in [0.3, 0.4) is 0 Å². The third-order valence-electron chi connectivity index (χ3n) is 2.90. The summed E-state index contributed by atoms with van der Waals surface area (Å²) in [6, 6.07) is 7.36. The number of hydrogen-bond donors (Lipinski definition) is 2. The van der Waals surface area contributed by atoms with Crippen molar-refractivity contribution in [1.29, 1.82) is 0 Å². The summed E-state index contributed by atoms with van der Waals surface area (Å²) < 4.78 is 0. The summed E-state index contributed by atoms with van der Waals surface area (Å²) in [6.07, 6.45) is 0.643. The zero-order valence-corrected chi connectivity index (χ0v) is 13.3. The number of likely N-dealkylation sites (N-methyl/N-ethyl adjacent to an activating group) is 1. The zero-order chi connectivity index (χ0) is 16.0. The lowest BCUT2D eigenvalue weighted by Gasteiger charge is -2.24. The molecular formula is C16H25N3O2. The molecule has 1 aromatic rings. The first kappa shape index (κ1) is 17.2. The normalized spacial score (nSPS) is 11.1. The molecule has 5 nitrogen and oxygen atoms in total. The van der Waals surface area contributed by atoms with Crippen molar-refractivity contribution >= 4 is 11.8 Å². The Balaban J connectivity index is 2.77. The molecule has 0 spiro atoms. The molecule has 3 N–H and O–H groups in total. The van der Waals surface area contributed by atoms with Gasteiger partial charge in [0, 0.05) is 18.2 Å². The van der Waals surface area contributed by atoms with E-state index in [2.05, 4.69) is 5.32 Å². The van der Waals surface area contributed by atoms with Crippen LogP contribution >= 0.6 is 0 Å². The molecule has 0 saturated heterocycles. The van der Waals surface area contributed by atoms with E-state index >= 15 is 0 Å². The Hall–Kier alpha value is -1.88. The Morgan fingerprint density at radius 1 is 1.24 bits per heavy atom. The number of rotatable bonds is 5. The maximum Gasteiger partial charge on any atom is 0.254 e. The molecule has 0 aliphatic heterocycles. The molecule has 0 atom stereocenters. The van der Waals surface area contributed by atoms with E-state index in [1.165, 1.54) is 4.90 Å². The molecule has 0 heterocycles. The molecule has 116 valence electrons. The van der Waals surface area contributed by atoms with Gasteiger partial charge in [0.25, 0.3) is 5.91 Å². The van der Waals surface area contributed by atoms with Crippen molar-refractivity contribution in [2.24, 2.45) is 5.73 Å². The number of nitrogens with two attached hydrogens (primary N) is 1. The van der Waals surface area contributed by atoms with Crippen LogP contribution in [0, 0.1) is 0 Å².